The molecule has 0 N–H and O–H groups in total. The molecule has 130 valence electrons. The van der Waals surface area contributed by atoms with Crippen molar-refractivity contribution in [1.29, 1.82) is 0 Å². The Bertz CT molecular complexity index is 689. The van der Waals surface area contributed by atoms with Crippen LogP contribution in [-0.2, 0) is 24.8 Å². The van der Waals surface area contributed by atoms with Gasteiger partial charge in [-0.3, -0.25) is 9.48 Å². The Balaban J connectivity index is 1.97. The zero-order valence-corrected chi connectivity index (χ0v) is 15.3. The number of hydrogen-bond acceptors (Lipinski definition) is 3. The van der Waals surface area contributed by atoms with Crippen molar-refractivity contribution in [3.05, 3.63) is 46.8 Å². The smallest absolute Gasteiger partial charge is 0.223 e. The van der Waals surface area contributed by atoms with E-state index in [2.05, 4.69) is 12.0 Å². The number of rotatable bonds is 7. The summed E-state index contributed by atoms with van der Waals surface area (Å²) in [5.74, 6) is 1.01. The monoisotopic (exact) mass is 329 g/mol. The van der Waals surface area contributed by atoms with Crippen molar-refractivity contribution in [2.24, 2.45) is 7.05 Å². The number of carbonyl (C=O) groups is 1. The van der Waals surface area contributed by atoms with Crippen LogP contribution in [0.4, 0.5) is 0 Å². The van der Waals surface area contributed by atoms with Crippen LogP contribution in [0.25, 0.3) is 0 Å². The largest absolute Gasteiger partial charge is 0.497 e. The number of nitrogens with zero attached hydrogens (tertiary/aromatic N) is 3. The van der Waals surface area contributed by atoms with Gasteiger partial charge in [0.05, 0.1) is 12.8 Å². The summed E-state index contributed by atoms with van der Waals surface area (Å²) in [7, 11) is 3.59. The first-order valence-corrected chi connectivity index (χ1v) is 8.36. The third-order valence-corrected chi connectivity index (χ3v) is 4.51. The van der Waals surface area contributed by atoms with Crippen LogP contribution >= 0.6 is 0 Å². The molecule has 0 aliphatic heterocycles. The van der Waals surface area contributed by atoms with Crippen LogP contribution in [0.1, 0.15) is 35.9 Å². The molecule has 0 radical (unpaired) electrons. The lowest BCUT2D eigenvalue weighted by Gasteiger charge is -2.21. The Morgan fingerprint density at radius 3 is 2.42 bits per heavy atom. The Morgan fingerprint density at radius 1 is 1.25 bits per heavy atom. The van der Waals surface area contributed by atoms with Crippen molar-refractivity contribution in [1.82, 2.24) is 14.7 Å². The molecule has 2 aromatic rings. The van der Waals surface area contributed by atoms with Gasteiger partial charge in [-0.25, -0.2) is 0 Å². The minimum atomic E-state index is 0.177. The van der Waals surface area contributed by atoms with E-state index in [1.54, 1.807) is 7.11 Å². The molecule has 0 saturated carbocycles. The number of methoxy groups -OCH3 is 1. The maximum atomic E-state index is 12.6. The van der Waals surface area contributed by atoms with Crippen LogP contribution in [-0.4, -0.2) is 34.2 Å². The van der Waals surface area contributed by atoms with Gasteiger partial charge >= 0.3 is 0 Å². The lowest BCUT2D eigenvalue weighted by molar-refractivity contribution is -0.131. The van der Waals surface area contributed by atoms with Gasteiger partial charge in [0.15, 0.2) is 0 Å². The van der Waals surface area contributed by atoms with Gasteiger partial charge in [-0.15, -0.1) is 0 Å². The van der Waals surface area contributed by atoms with Crippen LogP contribution in [0.3, 0.4) is 0 Å². The van der Waals surface area contributed by atoms with Gasteiger partial charge in [-0.2, -0.15) is 5.10 Å². The molecule has 0 bridgehead atoms. The van der Waals surface area contributed by atoms with Crippen molar-refractivity contribution < 1.29 is 9.53 Å². The quantitative estimate of drug-likeness (QED) is 0.784. The van der Waals surface area contributed by atoms with E-state index in [0.29, 0.717) is 19.5 Å². The second-order valence-corrected chi connectivity index (χ2v) is 6.03. The highest BCUT2D eigenvalue weighted by atomic mass is 16.5. The van der Waals surface area contributed by atoms with E-state index in [9.17, 15) is 4.79 Å². The predicted octanol–water partition coefficient (Wildman–Crippen LogP) is 3.03. The standard InChI is InChI=1S/C19H27N3O2/c1-6-22(13-16-7-9-17(24-5)10-8-16)19(23)12-11-18-14(2)20-21(4)15(18)3/h7-10H,6,11-13H2,1-5H3. The molecule has 1 heterocycles. The Labute approximate surface area is 144 Å². The summed E-state index contributed by atoms with van der Waals surface area (Å²) in [6.07, 6.45) is 1.25. The molecule has 0 aliphatic carbocycles. The van der Waals surface area contributed by atoms with Gasteiger partial charge in [-0.05, 0) is 50.5 Å². The van der Waals surface area contributed by atoms with E-state index in [1.807, 2.05) is 54.7 Å². The lowest BCUT2D eigenvalue weighted by Crippen LogP contribution is -2.30. The normalized spacial score (nSPS) is 10.7. The van der Waals surface area contributed by atoms with Gasteiger partial charge in [0, 0.05) is 32.3 Å². The van der Waals surface area contributed by atoms with Gasteiger partial charge in [0.1, 0.15) is 5.75 Å². The van der Waals surface area contributed by atoms with E-state index in [-0.39, 0.29) is 5.91 Å². The van der Waals surface area contributed by atoms with Gasteiger partial charge in [0.2, 0.25) is 5.91 Å². The number of ether oxygens (including phenoxy) is 1. The fraction of sp³-hybridized carbons (Fsp3) is 0.474. The maximum absolute atomic E-state index is 12.6. The summed E-state index contributed by atoms with van der Waals surface area (Å²) in [5.41, 5.74) is 4.45. The molecule has 0 unspecified atom stereocenters. The van der Waals surface area contributed by atoms with Gasteiger partial charge in [0.25, 0.3) is 0 Å². The molecule has 0 fully saturated rings. The van der Waals surface area contributed by atoms with Crippen molar-refractivity contribution >= 4 is 5.91 Å². The van der Waals surface area contributed by atoms with Crippen LogP contribution < -0.4 is 4.74 Å². The summed E-state index contributed by atoms with van der Waals surface area (Å²) >= 11 is 0. The number of carbonyl (C=O) groups excluding carboxylic acids is 1. The van der Waals surface area contributed by atoms with E-state index in [4.69, 9.17) is 4.74 Å². The third kappa shape index (κ3) is 4.16. The minimum absolute atomic E-state index is 0.177. The topological polar surface area (TPSA) is 47.4 Å². The summed E-state index contributed by atoms with van der Waals surface area (Å²) in [4.78, 5) is 14.5. The van der Waals surface area contributed by atoms with Crippen molar-refractivity contribution in [3.8, 4) is 5.75 Å². The molecule has 1 amide bonds. The second kappa shape index (κ2) is 7.99. The van der Waals surface area contributed by atoms with Crippen molar-refractivity contribution in [3.63, 3.8) is 0 Å². The molecular formula is C19H27N3O2. The van der Waals surface area contributed by atoms with Crippen LogP contribution in [0.15, 0.2) is 24.3 Å². The Kier molecular flexibility index (Phi) is 6.01. The molecule has 24 heavy (non-hydrogen) atoms. The van der Waals surface area contributed by atoms with Crippen molar-refractivity contribution in [2.75, 3.05) is 13.7 Å². The SMILES string of the molecule is CCN(Cc1ccc(OC)cc1)C(=O)CCc1c(C)nn(C)c1C. The van der Waals surface area contributed by atoms with E-state index in [1.165, 1.54) is 5.56 Å². The van der Waals surface area contributed by atoms with E-state index < -0.39 is 0 Å². The molecule has 0 aliphatic rings. The molecule has 5 heteroatoms. The first-order chi connectivity index (χ1) is 11.5. The zero-order chi connectivity index (χ0) is 17.7. The molecular weight excluding hydrogens is 302 g/mol. The number of aromatic nitrogens is 2. The average Bonchev–Trinajstić information content (AvgIpc) is 2.83. The molecule has 0 atom stereocenters. The highest BCUT2D eigenvalue weighted by Gasteiger charge is 2.15. The fourth-order valence-corrected chi connectivity index (χ4v) is 2.90. The minimum Gasteiger partial charge on any atom is -0.497 e. The zero-order valence-electron chi connectivity index (χ0n) is 15.3. The molecule has 1 aromatic heterocycles. The molecule has 0 saturated heterocycles. The van der Waals surface area contributed by atoms with Gasteiger partial charge in [-0.1, -0.05) is 12.1 Å². The van der Waals surface area contributed by atoms with Crippen LogP contribution in [0.2, 0.25) is 0 Å². The summed E-state index contributed by atoms with van der Waals surface area (Å²) in [5, 5.41) is 4.42. The number of aryl methyl sites for hydroxylation is 2. The maximum Gasteiger partial charge on any atom is 0.223 e. The van der Waals surface area contributed by atoms with E-state index >= 15 is 0 Å². The highest BCUT2D eigenvalue weighted by molar-refractivity contribution is 5.76. The van der Waals surface area contributed by atoms with Crippen LogP contribution in [0, 0.1) is 13.8 Å². The lowest BCUT2D eigenvalue weighted by atomic mass is 10.1. The average molecular weight is 329 g/mol. The summed E-state index contributed by atoms with van der Waals surface area (Å²) < 4.78 is 7.05. The second-order valence-electron chi connectivity index (χ2n) is 6.03. The third-order valence-electron chi connectivity index (χ3n) is 4.51. The Hall–Kier alpha value is -2.30. The summed E-state index contributed by atoms with van der Waals surface area (Å²) in [6.45, 7) is 7.40. The van der Waals surface area contributed by atoms with Gasteiger partial charge < -0.3 is 9.64 Å². The molecule has 5 nitrogen and oxygen atoms in total. The predicted molar refractivity (Wildman–Crippen MR) is 95.1 cm³/mol. The van der Waals surface area contributed by atoms with Crippen LogP contribution in [0.5, 0.6) is 5.75 Å². The molecule has 2 rings (SSSR count). The van der Waals surface area contributed by atoms with Crippen molar-refractivity contribution in [2.45, 2.75) is 40.2 Å². The number of benzene rings is 1. The van der Waals surface area contributed by atoms with E-state index in [0.717, 1.165) is 29.1 Å². The number of hydrogen-bond donors (Lipinski definition) is 0. The first kappa shape index (κ1) is 18.0. The molecule has 1 aromatic carbocycles. The first-order valence-electron chi connectivity index (χ1n) is 8.36. The Morgan fingerprint density at radius 2 is 1.92 bits per heavy atom. The summed E-state index contributed by atoms with van der Waals surface area (Å²) in [6, 6.07) is 7.86. The fourth-order valence-electron chi connectivity index (χ4n) is 2.90. The highest BCUT2D eigenvalue weighted by Crippen LogP contribution is 2.16. The molecule has 0 spiro atoms. The number of amides is 1.